The van der Waals surface area contributed by atoms with Crippen molar-refractivity contribution in [3.63, 3.8) is 0 Å². The number of rotatable bonds is 10. The molecule has 1 aromatic rings. The van der Waals surface area contributed by atoms with E-state index in [-0.39, 0.29) is 48.9 Å². The number of carbonyl (C=O) groups excluding carboxylic acids is 2. The lowest BCUT2D eigenvalue weighted by molar-refractivity contribution is 0.0513. The van der Waals surface area contributed by atoms with Gasteiger partial charge < -0.3 is 24.7 Å². The fraction of sp³-hybridized carbons (Fsp3) is 0.611. The molecular formula is C18H28N4O6S. The summed E-state index contributed by atoms with van der Waals surface area (Å²) < 4.78 is 34.3. The third kappa shape index (κ3) is 7.75. The van der Waals surface area contributed by atoms with Gasteiger partial charge in [-0.2, -0.15) is 5.26 Å². The van der Waals surface area contributed by atoms with Crippen molar-refractivity contribution in [1.29, 1.82) is 5.26 Å². The summed E-state index contributed by atoms with van der Waals surface area (Å²) in [5.41, 5.74) is -0.681. The van der Waals surface area contributed by atoms with Gasteiger partial charge in [0.15, 0.2) is 5.69 Å². The predicted molar refractivity (Wildman–Crippen MR) is 108 cm³/mol. The predicted octanol–water partition coefficient (Wildman–Crippen LogP) is 1.52. The molecule has 1 rings (SSSR count). The molecule has 0 saturated heterocycles. The Morgan fingerprint density at radius 2 is 2.00 bits per heavy atom. The molecule has 0 aliphatic rings. The van der Waals surface area contributed by atoms with Gasteiger partial charge in [0.1, 0.15) is 15.9 Å². The number of aromatic nitrogens is 1. The molecule has 0 aliphatic heterocycles. The van der Waals surface area contributed by atoms with Crippen LogP contribution in [0.3, 0.4) is 0 Å². The standard InChI is InChI=1S/C18H28N4O6S/c1-6-28-16(23)15-14(13(11-19)12-22(15)8-9-27-4)20-17(24)21-18(2,3)7-10-29(5,25)26/h12H,6-10H2,1-5H3,(H2,20,21,24). The van der Waals surface area contributed by atoms with E-state index in [4.69, 9.17) is 9.47 Å². The Morgan fingerprint density at radius 1 is 1.34 bits per heavy atom. The molecule has 0 aromatic carbocycles. The molecule has 0 fully saturated rings. The van der Waals surface area contributed by atoms with Crippen LogP contribution in [0.5, 0.6) is 0 Å². The number of amides is 2. The number of nitrogens with zero attached hydrogens (tertiary/aromatic N) is 2. The van der Waals surface area contributed by atoms with Crippen LogP contribution in [0.2, 0.25) is 0 Å². The van der Waals surface area contributed by atoms with Crippen molar-refractivity contribution in [1.82, 2.24) is 9.88 Å². The average molecular weight is 429 g/mol. The lowest BCUT2D eigenvalue weighted by Gasteiger charge is -2.26. The minimum atomic E-state index is -3.18. The minimum absolute atomic E-state index is 0.0264. The molecule has 0 radical (unpaired) electrons. The molecule has 2 amide bonds. The summed E-state index contributed by atoms with van der Waals surface area (Å²) in [5.74, 6) is -0.776. The number of sulfone groups is 1. The van der Waals surface area contributed by atoms with Gasteiger partial charge in [-0.15, -0.1) is 0 Å². The summed E-state index contributed by atoms with van der Waals surface area (Å²) in [4.78, 5) is 24.9. The van der Waals surface area contributed by atoms with Crippen LogP contribution >= 0.6 is 0 Å². The van der Waals surface area contributed by atoms with E-state index < -0.39 is 27.4 Å². The molecule has 0 bridgehead atoms. The number of ether oxygens (including phenoxy) is 2. The monoisotopic (exact) mass is 428 g/mol. The van der Waals surface area contributed by atoms with Gasteiger partial charge >= 0.3 is 12.0 Å². The quantitative estimate of drug-likeness (QED) is 0.538. The van der Waals surface area contributed by atoms with Gasteiger partial charge in [-0.05, 0) is 27.2 Å². The molecular weight excluding hydrogens is 400 g/mol. The maximum atomic E-state index is 12.5. The Kier molecular flexibility index (Phi) is 8.66. The molecule has 1 heterocycles. The second-order valence-corrected chi connectivity index (χ2v) is 9.39. The van der Waals surface area contributed by atoms with Crippen LogP contribution in [-0.4, -0.2) is 62.9 Å². The second kappa shape index (κ2) is 10.3. The summed E-state index contributed by atoms with van der Waals surface area (Å²) in [6, 6.07) is 1.28. The normalized spacial score (nSPS) is 11.6. The van der Waals surface area contributed by atoms with Gasteiger partial charge in [0.25, 0.3) is 0 Å². The first-order valence-electron chi connectivity index (χ1n) is 9.00. The number of hydrogen-bond donors (Lipinski definition) is 2. The third-order valence-electron chi connectivity index (χ3n) is 3.99. The van der Waals surface area contributed by atoms with Crippen molar-refractivity contribution < 1.29 is 27.5 Å². The largest absolute Gasteiger partial charge is 0.461 e. The van der Waals surface area contributed by atoms with Gasteiger partial charge in [0.05, 0.1) is 30.2 Å². The molecule has 1 aromatic heterocycles. The number of anilines is 1. The average Bonchev–Trinajstić information content (AvgIpc) is 2.94. The number of urea groups is 1. The van der Waals surface area contributed by atoms with Crippen LogP contribution in [0.25, 0.3) is 0 Å². The first-order chi connectivity index (χ1) is 13.4. The van der Waals surface area contributed by atoms with Crippen LogP contribution in [0.4, 0.5) is 10.5 Å². The molecule has 0 spiro atoms. The van der Waals surface area contributed by atoms with E-state index in [1.165, 1.54) is 17.9 Å². The van der Waals surface area contributed by atoms with Gasteiger partial charge in [-0.1, -0.05) is 0 Å². The van der Waals surface area contributed by atoms with Crippen LogP contribution < -0.4 is 10.6 Å². The van der Waals surface area contributed by atoms with E-state index in [1.54, 1.807) is 20.8 Å². The van der Waals surface area contributed by atoms with Crippen molar-refractivity contribution in [2.24, 2.45) is 0 Å². The zero-order chi connectivity index (χ0) is 22.2. The van der Waals surface area contributed by atoms with Crippen molar-refractivity contribution in [2.75, 3.05) is 37.6 Å². The SMILES string of the molecule is CCOC(=O)c1c(NC(=O)NC(C)(C)CCS(C)(=O)=O)c(C#N)cn1CCOC. The molecule has 0 atom stereocenters. The molecule has 0 saturated carbocycles. The van der Waals surface area contributed by atoms with Crippen LogP contribution in [-0.2, 0) is 25.9 Å². The van der Waals surface area contributed by atoms with Gasteiger partial charge in [0, 0.05) is 31.6 Å². The Morgan fingerprint density at radius 3 is 2.52 bits per heavy atom. The number of nitrogens with one attached hydrogen (secondary N) is 2. The summed E-state index contributed by atoms with van der Waals surface area (Å²) in [7, 11) is -1.68. The topological polar surface area (TPSA) is 140 Å². The van der Waals surface area contributed by atoms with Crippen LogP contribution in [0.1, 0.15) is 43.2 Å². The van der Waals surface area contributed by atoms with Crippen molar-refractivity contribution in [2.45, 2.75) is 39.3 Å². The minimum Gasteiger partial charge on any atom is -0.461 e. The summed E-state index contributed by atoms with van der Waals surface area (Å²) >= 11 is 0. The summed E-state index contributed by atoms with van der Waals surface area (Å²) in [6.45, 7) is 5.70. The van der Waals surface area contributed by atoms with Gasteiger partial charge in [0.2, 0.25) is 0 Å². The highest BCUT2D eigenvalue weighted by molar-refractivity contribution is 7.90. The number of nitriles is 1. The van der Waals surface area contributed by atoms with Crippen molar-refractivity contribution >= 4 is 27.5 Å². The molecule has 11 heteroatoms. The Labute approximate surface area is 171 Å². The second-order valence-electron chi connectivity index (χ2n) is 7.13. The summed E-state index contributed by atoms with van der Waals surface area (Å²) in [6.07, 6.45) is 2.76. The summed E-state index contributed by atoms with van der Waals surface area (Å²) in [5, 5.41) is 14.6. The molecule has 29 heavy (non-hydrogen) atoms. The molecule has 0 unspecified atom stereocenters. The highest BCUT2D eigenvalue weighted by atomic mass is 32.2. The number of hydrogen-bond acceptors (Lipinski definition) is 7. The highest BCUT2D eigenvalue weighted by Crippen LogP contribution is 2.25. The van der Waals surface area contributed by atoms with E-state index in [1.807, 2.05) is 6.07 Å². The van der Waals surface area contributed by atoms with E-state index in [9.17, 15) is 23.3 Å². The molecule has 2 N–H and O–H groups in total. The molecule has 0 aliphatic carbocycles. The highest BCUT2D eigenvalue weighted by Gasteiger charge is 2.27. The van der Waals surface area contributed by atoms with Crippen molar-refractivity contribution in [3.05, 3.63) is 17.5 Å². The van der Waals surface area contributed by atoms with E-state index >= 15 is 0 Å². The smallest absolute Gasteiger partial charge is 0.357 e. The maximum Gasteiger partial charge on any atom is 0.357 e. The lowest BCUT2D eigenvalue weighted by atomic mass is 10.0. The zero-order valence-electron chi connectivity index (χ0n) is 17.4. The van der Waals surface area contributed by atoms with E-state index in [0.29, 0.717) is 0 Å². The first-order valence-corrected chi connectivity index (χ1v) is 11.1. The maximum absolute atomic E-state index is 12.5. The van der Waals surface area contributed by atoms with E-state index in [0.717, 1.165) is 6.26 Å². The van der Waals surface area contributed by atoms with Crippen LogP contribution in [0.15, 0.2) is 6.20 Å². The molecule has 162 valence electrons. The fourth-order valence-electron chi connectivity index (χ4n) is 2.51. The Balaban J connectivity index is 3.12. The van der Waals surface area contributed by atoms with Crippen molar-refractivity contribution in [3.8, 4) is 6.07 Å². The first kappa shape index (κ1) is 24.5. The molecule has 10 nitrogen and oxygen atoms in total. The Bertz CT molecular complexity index is 883. The number of methoxy groups -OCH3 is 1. The number of esters is 1. The van der Waals surface area contributed by atoms with Gasteiger partial charge in [-0.25, -0.2) is 18.0 Å². The third-order valence-corrected chi connectivity index (χ3v) is 4.94. The number of carbonyl (C=O) groups is 2. The van der Waals surface area contributed by atoms with Crippen LogP contribution in [0, 0.1) is 11.3 Å². The van der Waals surface area contributed by atoms with E-state index in [2.05, 4.69) is 10.6 Å². The lowest BCUT2D eigenvalue weighted by Crippen LogP contribution is -2.46. The fourth-order valence-corrected chi connectivity index (χ4v) is 3.39. The Hall–Kier alpha value is -2.58. The zero-order valence-corrected chi connectivity index (χ0v) is 18.2. The van der Waals surface area contributed by atoms with Gasteiger partial charge in [-0.3, -0.25) is 0 Å².